The Morgan fingerprint density at radius 1 is 1.10 bits per heavy atom. The van der Waals surface area contributed by atoms with Crippen molar-refractivity contribution in [3.63, 3.8) is 0 Å². The van der Waals surface area contributed by atoms with Crippen molar-refractivity contribution in [3.05, 3.63) is 59.1 Å². The molecular formula is C22H26ClN3O4S. The van der Waals surface area contributed by atoms with E-state index >= 15 is 0 Å². The maximum atomic E-state index is 13.1. The van der Waals surface area contributed by atoms with Crippen LogP contribution in [0.25, 0.3) is 11.1 Å². The molecule has 31 heavy (non-hydrogen) atoms. The third kappa shape index (κ3) is 5.20. The molecule has 0 aliphatic heterocycles. The second-order valence-corrected chi connectivity index (χ2v) is 10.2. The standard InChI is InChI=1S/C22H26ClN3O4S/c1-22(2,3)16-7-11-18(12-8-16)31(28,29)25-20-19(15-5-9-17(23)10-6-15)21(24-26(20)4)30-14-13-27/h5-12,25,27H,13-14H2,1-4H3. The lowest BCUT2D eigenvalue weighted by atomic mass is 9.87. The lowest BCUT2D eigenvalue weighted by Crippen LogP contribution is -2.17. The quantitative estimate of drug-likeness (QED) is 0.547. The Kier molecular flexibility index (Phi) is 6.64. The minimum Gasteiger partial charge on any atom is -0.474 e. The van der Waals surface area contributed by atoms with Crippen LogP contribution in [-0.4, -0.2) is 36.5 Å². The molecule has 3 aromatic rings. The number of ether oxygens (including phenoxy) is 1. The topological polar surface area (TPSA) is 93.4 Å². The lowest BCUT2D eigenvalue weighted by Gasteiger charge is -2.19. The van der Waals surface area contributed by atoms with E-state index in [4.69, 9.17) is 21.4 Å². The zero-order chi connectivity index (χ0) is 22.8. The summed E-state index contributed by atoms with van der Waals surface area (Å²) in [5.41, 5.74) is 2.08. The molecule has 0 bridgehead atoms. The summed E-state index contributed by atoms with van der Waals surface area (Å²) in [5.74, 6) is 0.454. The summed E-state index contributed by atoms with van der Waals surface area (Å²) in [7, 11) is -2.27. The van der Waals surface area contributed by atoms with Gasteiger partial charge < -0.3 is 9.84 Å². The van der Waals surface area contributed by atoms with Crippen molar-refractivity contribution in [1.82, 2.24) is 9.78 Å². The van der Waals surface area contributed by atoms with Crippen molar-refractivity contribution in [3.8, 4) is 17.0 Å². The number of anilines is 1. The molecule has 0 unspecified atom stereocenters. The van der Waals surface area contributed by atoms with Gasteiger partial charge in [-0.3, -0.25) is 4.72 Å². The van der Waals surface area contributed by atoms with Crippen LogP contribution in [-0.2, 0) is 22.5 Å². The van der Waals surface area contributed by atoms with E-state index in [1.165, 1.54) is 4.68 Å². The van der Waals surface area contributed by atoms with Gasteiger partial charge in [0.25, 0.3) is 10.0 Å². The summed E-state index contributed by atoms with van der Waals surface area (Å²) >= 11 is 6.00. The van der Waals surface area contributed by atoms with Gasteiger partial charge in [-0.2, -0.15) is 0 Å². The summed E-state index contributed by atoms with van der Waals surface area (Å²) in [4.78, 5) is 0.140. The number of aliphatic hydroxyl groups excluding tert-OH is 1. The number of hydrogen-bond donors (Lipinski definition) is 2. The van der Waals surface area contributed by atoms with Gasteiger partial charge in [-0.15, -0.1) is 5.10 Å². The predicted octanol–water partition coefficient (Wildman–Crippen LogP) is 4.21. The molecule has 0 spiro atoms. The van der Waals surface area contributed by atoms with Gasteiger partial charge in [0, 0.05) is 12.1 Å². The third-order valence-corrected chi connectivity index (χ3v) is 6.35. The Labute approximate surface area is 187 Å². The Balaban J connectivity index is 2.03. The number of aryl methyl sites for hydroxylation is 1. The van der Waals surface area contributed by atoms with Crippen LogP contribution in [0.2, 0.25) is 5.02 Å². The first-order chi connectivity index (χ1) is 14.5. The molecule has 1 aromatic heterocycles. The average molecular weight is 464 g/mol. The van der Waals surface area contributed by atoms with Gasteiger partial charge in [0.15, 0.2) is 0 Å². The fourth-order valence-electron chi connectivity index (χ4n) is 3.06. The van der Waals surface area contributed by atoms with Gasteiger partial charge in [0.2, 0.25) is 5.88 Å². The van der Waals surface area contributed by atoms with Crippen LogP contribution in [0, 0.1) is 0 Å². The zero-order valence-electron chi connectivity index (χ0n) is 17.9. The van der Waals surface area contributed by atoms with Crippen LogP contribution in [0.3, 0.4) is 0 Å². The first-order valence-corrected chi connectivity index (χ1v) is 11.6. The van der Waals surface area contributed by atoms with E-state index in [9.17, 15) is 8.42 Å². The second kappa shape index (κ2) is 8.90. The van der Waals surface area contributed by atoms with Crippen LogP contribution in [0.15, 0.2) is 53.4 Å². The Morgan fingerprint density at radius 2 is 1.71 bits per heavy atom. The largest absolute Gasteiger partial charge is 0.474 e. The highest BCUT2D eigenvalue weighted by atomic mass is 35.5. The van der Waals surface area contributed by atoms with E-state index in [1.807, 2.05) is 12.1 Å². The van der Waals surface area contributed by atoms with Crippen LogP contribution >= 0.6 is 11.6 Å². The van der Waals surface area contributed by atoms with Crippen molar-refractivity contribution >= 4 is 27.4 Å². The van der Waals surface area contributed by atoms with Gasteiger partial charge in [0.1, 0.15) is 12.4 Å². The minimum absolute atomic E-state index is 0.0259. The maximum absolute atomic E-state index is 13.1. The predicted molar refractivity (Wildman–Crippen MR) is 122 cm³/mol. The SMILES string of the molecule is Cn1nc(OCCO)c(-c2ccc(Cl)cc2)c1NS(=O)(=O)c1ccc(C(C)(C)C)cc1. The number of aromatic nitrogens is 2. The van der Waals surface area contributed by atoms with Gasteiger partial charge in [0.05, 0.1) is 17.1 Å². The fraction of sp³-hybridized carbons (Fsp3) is 0.318. The third-order valence-electron chi connectivity index (χ3n) is 4.74. The van der Waals surface area contributed by atoms with Gasteiger partial charge >= 0.3 is 0 Å². The number of rotatable bonds is 7. The van der Waals surface area contributed by atoms with Crippen molar-refractivity contribution in [2.75, 3.05) is 17.9 Å². The monoisotopic (exact) mass is 463 g/mol. The maximum Gasteiger partial charge on any atom is 0.263 e. The number of aliphatic hydroxyl groups is 1. The number of halogens is 1. The molecule has 0 amide bonds. The molecule has 0 fully saturated rings. The summed E-state index contributed by atoms with van der Waals surface area (Å²) < 4.78 is 35.8. The Bertz CT molecular complexity index is 1150. The van der Waals surface area contributed by atoms with Crippen molar-refractivity contribution < 1.29 is 18.3 Å². The molecular weight excluding hydrogens is 438 g/mol. The normalized spacial score (nSPS) is 12.1. The molecule has 2 aromatic carbocycles. The number of hydrogen-bond acceptors (Lipinski definition) is 5. The highest BCUT2D eigenvalue weighted by molar-refractivity contribution is 7.92. The zero-order valence-corrected chi connectivity index (χ0v) is 19.5. The van der Waals surface area contributed by atoms with E-state index in [1.54, 1.807) is 43.4 Å². The van der Waals surface area contributed by atoms with Crippen LogP contribution in [0.1, 0.15) is 26.3 Å². The molecule has 7 nitrogen and oxygen atoms in total. The lowest BCUT2D eigenvalue weighted by molar-refractivity contribution is 0.196. The van der Waals surface area contributed by atoms with E-state index < -0.39 is 10.0 Å². The molecule has 9 heteroatoms. The van der Waals surface area contributed by atoms with E-state index in [0.29, 0.717) is 16.1 Å². The molecule has 0 radical (unpaired) electrons. The molecule has 0 aliphatic rings. The number of benzene rings is 2. The average Bonchev–Trinajstić information content (AvgIpc) is 3.01. The summed E-state index contributed by atoms with van der Waals surface area (Å²) in [5, 5.41) is 14.0. The second-order valence-electron chi connectivity index (χ2n) is 8.11. The summed E-state index contributed by atoms with van der Waals surface area (Å²) in [6.07, 6.45) is 0. The smallest absolute Gasteiger partial charge is 0.263 e. The van der Waals surface area contributed by atoms with E-state index in [2.05, 4.69) is 30.6 Å². The molecule has 1 heterocycles. The van der Waals surface area contributed by atoms with Crippen LogP contribution in [0.5, 0.6) is 5.88 Å². The number of nitrogens with one attached hydrogen (secondary N) is 1. The highest BCUT2D eigenvalue weighted by Crippen LogP contribution is 2.38. The first-order valence-electron chi connectivity index (χ1n) is 9.73. The van der Waals surface area contributed by atoms with Gasteiger partial charge in [-0.1, -0.05) is 56.6 Å². The first kappa shape index (κ1) is 23.1. The molecule has 0 aliphatic carbocycles. The van der Waals surface area contributed by atoms with Crippen molar-refractivity contribution in [2.24, 2.45) is 7.05 Å². The number of nitrogens with zero attached hydrogens (tertiary/aromatic N) is 2. The summed E-state index contributed by atoms with van der Waals surface area (Å²) in [6.45, 7) is 6.03. The molecule has 0 saturated carbocycles. The Morgan fingerprint density at radius 3 is 2.26 bits per heavy atom. The number of sulfonamides is 1. The molecule has 3 rings (SSSR count). The molecule has 166 valence electrons. The highest BCUT2D eigenvalue weighted by Gasteiger charge is 2.25. The molecule has 0 saturated heterocycles. The Hall–Kier alpha value is -2.55. The van der Waals surface area contributed by atoms with Crippen LogP contribution < -0.4 is 9.46 Å². The summed E-state index contributed by atoms with van der Waals surface area (Å²) in [6, 6.07) is 13.7. The molecule has 0 atom stereocenters. The molecule has 2 N–H and O–H groups in total. The fourth-order valence-corrected chi connectivity index (χ4v) is 4.28. The van der Waals surface area contributed by atoms with Crippen molar-refractivity contribution in [1.29, 1.82) is 0 Å². The minimum atomic E-state index is -3.89. The van der Waals surface area contributed by atoms with Crippen LogP contribution in [0.4, 0.5) is 5.82 Å². The van der Waals surface area contributed by atoms with E-state index in [0.717, 1.165) is 5.56 Å². The van der Waals surface area contributed by atoms with Gasteiger partial charge in [-0.25, -0.2) is 13.1 Å². The van der Waals surface area contributed by atoms with E-state index in [-0.39, 0.29) is 35.2 Å². The van der Waals surface area contributed by atoms with Gasteiger partial charge in [-0.05, 0) is 40.8 Å². The van der Waals surface area contributed by atoms with Crippen molar-refractivity contribution in [2.45, 2.75) is 31.1 Å².